The molecule has 13 N–H and O–H groups in total. The summed E-state index contributed by atoms with van der Waals surface area (Å²) in [5.74, 6) is 3.86. The molecule has 11 aromatic heterocycles. The first-order valence-corrected chi connectivity index (χ1v) is 43.6. The molecular weight excluding hydrogens is 2040 g/mol. The Morgan fingerprint density at radius 3 is 1.27 bits per heavy atom. The number of ether oxygens (including phenoxy) is 1. The van der Waals surface area contributed by atoms with Crippen LogP contribution in [0.15, 0.2) is 298 Å². The van der Waals surface area contributed by atoms with E-state index in [2.05, 4.69) is 205 Å². The van der Waals surface area contributed by atoms with Crippen LogP contribution < -0.4 is 50.7 Å². The van der Waals surface area contributed by atoms with Gasteiger partial charge in [0.2, 0.25) is 5.65 Å². The number of ketones is 1. The molecule has 1 fully saturated rings. The van der Waals surface area contributed by atoms with Gasteiger partial charge in [-0.1, -0.05) is 77.1 Å². The molecule has 1 aliphatic heterocycles. The van der Waals surface area contributed by atoms with Gasteiger partial charge in [-0.3, -0.25) is 49.3 Å². The van der Waals surface area contributed by atoms with Crippen LogP contribution in [-0.2, 0) is 9.57 Å². The van der Waals surface area contributed by atoms with Crippen molar-refractivity contribution < 1.29 is 56.5 Å². The van der Waals surface area contributed by atoms with Gasteiger partial charge in [-0.25, -0.2) is 50.3 Å². The largest absolute Gasteiger partial charge is 2.00 e. The second-order valence-corrected chi connectivity index (χ2v) is 31.6. The zero-order valence-corrected chi connectivity index (χ0v) is 84.2. The van der Waals surface area contributed by atoms with Crippen molar-refractivity contribution in [3.8, 4) is 0 Å². The third-order valence-corrected chi connectivity index (χ3v) is 20.8. The molecule has 1 saturated heterocycles. The number of aromatic carboxylic acids is 1. The minimum absolute atomic E-state index is 0. The molecule has 12 heterocycles. The molecule has 32 nitrogen and oxygen atoms in total. The Hall–Kier alpha value is -12.5. The van der Waals surface area contributed by atoms with Crippen LogP contribution in [0.3, 0.4) is 0 Å². The average molecular weight is 2140 g/mol. The third-order valence-electron chi connectivity index (χ3n) is 19.0. The van der Waals surface area contributed by atoms with Crippen LogP contribution >= 0.6 is 63.7 Å². The number of benzene rings is 7. The van der Waals surface area contributed by atoms with Crippen LogP contribution in [0.2, 0.25) is 0 Å². The molecule has 0 spiro atoms. The number of nitrogens with two attached hydrogens (primary N) is 4. The molecule has 134 heavy (non-hydrogen) atoms. The summed E-state index contributed by atoms with van der Waals surface area (Å²) in [6, 6.07) is 67.2. The topological polar surface area (TPSA) is 472 Å². The van der Waals surface area contributed by atoms with Gasteiger partial charge in [0.1, 0.15) is 18.4 Å². The molecule has 18 aromatic rings. The van der Waals surface area contributed by atoms with Gasteiger partial charge >= 0.3 is 29.0 Å². The van der Waals surface area contributed by atoms with Crippen LogP contribution in [0, 0.1) is 7.43 Å². The maximum absolute atomic E-state index is 11.8. The van der Waals surface area contributed by atoms with Crippen molar-refractivity contribution in [2.45, 2.75) is 65.6 Å². The van der Waals surface area contributed by atoms with E-state index in [4.69, 9.17) is 42.3 Å². The van der Waals surface area contributed by atoms with Gasteiger partial charge in [0.05, 0.1) is 87.7 Å². The number of nitrogens with zero attached hydrogens (tertiary/aromatic N) is 18. The number of carbonyl (C=O) groups excluding carboxylic acids is 2. The molecule has 3 atom stereocenters. The Balaban J connectivity index is 0.000000234. The van der Waals surface area contributed by atoms with E-state index in [1.54, 1.807) is 130 Å². The Bertz CT molecular complexity index is 6760. The molecule has 38 heteroatoms. The predicted octanol–water partition coefficient (Wildman–Crippen LogP) is 16.2. The number of hydrogen-bond donors (Lipinski definition) is 9. The van der Waals surface area contributed by atoms with Crippen molar-refractivity contribution >= 4 is 215 Å². The number of carbonyl (C=O) groups is 3. The Morgan fingerprint density at radius 1 is 0.500 bits per heavy atom. The summed E-state index contributed by atoms with van der Waals surface area (Å²) < 4.78 is 9.28. The minimum atomic E-state index is -0.911. The van der Waals surface area contributed by atoms with Crippen molar-refractivity contribution in [3.05, 3.63) is 339 Å². The third kappa shape index (κ3) is 33.3. The Labute approximate surface area is 834 Å². The fourth-order valence-corrected chi connectivity index (χ4v) is 13.5. The number of carboxylic acid groups (broad SMARTS) is 1. The summed E-state index contributed by atoms with van der Waals surface area (Å²) in [6.45, 7) is 11.4. The van der Waals surface area contributed by atoms with Crippen molar-refractivity contribution in [2.75, 3.05) is 58.3 Å². The second kappa shape index (κ2) is 57.1. The molecule has 0 aliphatic carbocycles. The summed E-state index contributed by atoms with van der Waals surface area (Å²) >= 11 is 12.9. The Morgan fingerprint density at radius 2 is 0.858 bits per heavy atom. The summed E-state index contributed by atoms with van der Waals surface area (Å²) in [7, 11) is 6.79. The number of aromatic nitrogens is 16. The van der Waals surface area contributed by atoms with Gasteiger partial charge in [0, 0.05) is 119 Å². The van der Waals surface area contributed by atoms with E-state index in [0.29, 0.717) is 64.0 Å². The van der Waals surface area contributed by atoms with E-state index in [-0.39, 0.29) is 77.3 Å². The number of carboxylic acids is 1. The first-order chi connectivity index (χ1) is 63.3. The van der Waals surface area contributed by atoms with E-state index in [1.165, 1.54) is 25.0 Å². The fourth-order valence-electron chi connectivity index (χ4n) is 12.2. The van der Waals surface area contributed by atoms with Gasteiger partial charge in [-0.15, -0.1) is 5.10 Å². The second-order valence-electron chi connectivity index (χ2n) is 28.4. The summed E-state index contributed by atoms with van der Waals surface area (Å²) in [4.78, 5) is 92.6. The number of Topliss-reactive ketones (excluding diaryl/α,β-unsaturated/α-hetero) is 1. The number of nitrogens with one attached hydrogen (secondary N) is 2. The van der Waals surface area contributed by atoms with Gasteiger partial charge in [0.25, 0.3) is 5.91 Å². The zero-order valence-electron chi connectivity index (χ0n) is 74.9. The fraction of sp³-hybridized carbons (Fsp3) is 0.167. The number of rotatable bonds is 11. The molecule has 0 bridgehead atoms. The number of pyridine rings is 7. The van der Waals surface area contributed by atoms with E-state index in [0.717, 1.165) is 117 Å². The van der Waals surface area contributed by atoms with E-state index in [1.807, 2.05) is 161 Å². The number of amides is 1. The van der Waals surface area contributed by atoms with Crippen LogP contribution in [0.1, 0.15) is 119 Å². The number of fused-ring (bicyclic) bond motifs is 8. The van der Waals surface area contributed by atoms with Crippen molar-refractivity contribution in [1.82, 2.24) is 90.2 Å². The van der Waals surface area contributed by atoms with Crippen molar-refractivity contribution in [3.63, 3.8) is 0 Å². The van der Waals surface area contributed by atoms with Crippen LogP contribution in [-0.4, -0.2) is 188 Å². The van der Waals surface area contributed by atoms with Crippen molar-refractivity contribution in [2.24, 2.45) is 16.8 Å². The molecular formula is C96H99Br5MgN24O8. The molecule has 688 valence electrons. The van der Waals surface area contributed by atoms with Gasteiger partial charge in [-0.05, 0) is 293 Å². The van der Waals surface area contributed by atoms with Crippen LogP contribution in [0.25, 0.3) is 87.6 Å². The van der Waals surface area contributed by atoms with E-state index in [9.17, 15) is 14.4 Å². The average Bonchev–Trinajstić information content (AvgIpc) is 1.64. The van der Waals surface area contributed by atoms with Crippen LogP contribution in [0.5, 0.6) is 0 Å². The number of hydroxylamine groups is 2. The molecule has 1 amide bonds. The SMILES string of the molecule is C/C(=N\O)c1ccc2ncccc2c1.C1CCOC1.CC(=O)c1ccc2ncccc2c1.CC(N)c1ccc2ncccc2c1.CC(Nc1nc(Br)cnc1N)c1ccc2ncccc2c1.CC(c1ccc2ncccc2c1)n1nnc2ncc(Br)nc21.CNC.CON(C)C(=O)c1ccc2ncccc2c1.NO.Nc1ncc(Br)nc1Br.O=C(O)c1ccc2ncccc2c1.[Br-].[CH3-].[Mg+2]. The molecule has 0 radical (unpaired) electrons. The van der Waals surface area contributed by atoms with Crippen molar-refractivity contribution in [1.29, 1.82) is 0 Å². The number of anilines is 3. The molecule has 7 aromatic carbocycles. The predicted molar refractivity (Wildman–Crippen MR) is 541 cm³/mol. The quantitative estimate of drug-likeness (QED) is 0.0145. The zero-order chi connectivity index (χ0) is 94.3. The normalized spacial score (nSPS) is 11.5. The summed E-state index contributed by atoms with van der Waals surface area (Å²) in [6.07, 6.45) is 19.6. The van der Waals surface area contributed by atoms with Crippen LogP contribution in [0.4, 0.5) is 17.5 Å². The number of halogens is 5. The first-order valence-electron chi connectivity index (χ1n) is 40.4. The molecule has 1 aliphatic rings. The van der Waals surface area contributed by atoms with Gasteiger partial charge < -0.3 is 72.5 Å². The molecule has 0 saturated carbocycles. The maximum Gasteiger partial charge on any atom is 2.00 e. The summed E-state index contributed by atoms with van der Waals surface area (Å²) in [5, 5.41) is 49.7. The smallest absolute Gasteiger partial charge is 1.00 e. The number of nitrogen functional groups attached to an aromatic ring is 2. The standard InChI is InChI=1S/C15H11BrN6.C15H14BrN5.C12H12N2O2.C11H10N2O.C11H12N2.C11H9NO.C10H7NO2.C4H3Br2N3.C4H8O.C2H7N.CH3.BrH.Mg.H3NO/c1-9(10-4-5-12-11(7-10)3-2-6-17-12)22-15-14(20-21-22)18-8-13(16)19-15;1-9(20-15-14(17)19-8-13(16)21-15)10-4-5-12-11(7-10)3-2-6-18-12;1-14(16-2)12(15)10-5-6-11-9(8-10)4-3-7-13-11;1-8(13-14)9-4-5-11-10(7-9)3-2-6-12-11;1-8(12)9-4-5-11-10(7-9)3-2-6-13-11;1-8(13)9-4-5-11-10(7-9)3-2-6-12-11;12-10(13)8-3-4-9-7(6-8)2-1-5-11-9;5-2-1-8-4(7)3(6)9-2;1-2-4-5-3-1;1-3-2;;;;1-2/h2-9H,1H3;2-9H,1H3,(H2,17,19)(H,20,21);3-8H,1-2H3;2-7,14H,1H3;2-8H,12H2,1H3;2-7H,1H3;1-6H,(H,12,13);1H,(H2,7,8);1-4H2;3H,1-2H3;1H3;1H;;2H,1H2/q;;;;;;;;;;-1;;+2;/p-1/b;;;13-8+;;;;;;;;;;. The van der Waals surface area contributed by atoms with Gasteiger partial charge in [0.15, 0.2) is 28.9 Å². The first kappa shape index (κ1) is 110. The maximum atomic E-state index is 11.8. The van der Waals surface area contributed by atoms with E-state index >= 15 is 0 Å². The number of hydrogen-bond acceptors (Lipinski definition) is 29. The Kier molecular flexibility index (Phi) is 47.0. The van der Waals surface area contributed by atoms with E-state index < -0.39 is 5.97 Å². The monoisotopic (exact) mass is 2130 g/mol. The number of oxime groups is 1. The molecule has 19 rings (SSSR count). The summed E-state index contributed by atoms with van der Waals surface area (Å²) in [5.41, 5.74) is 31.2. The van der Waals surface area contributed by atoms with Gasteiger partial charge in [-0.2, -0.15) is 0 Å². The molecule has 3 unspecified atom stereocenters. The minimum Gasteiger partial charge on any atom is -1.00 e.